The number of aromatic nitrogens is 3. The fourth-order valence-electron chi connectivity index (χ4n) is 3.84. The second-order valence-corrected chi connectivity index (χ2v) is 8.68. The van der Waals surface area contributed by atoms with Crippen LogP contribution in [0.2, 0.25) is 0 Å². The molecule has 0 aliphatic carbocycles. The van der Waals surface area contributed by atoms with E-state index in [4.69, 9.17) is 0 Å². The van der Waals surface area contributed by atoms with Crippen LogP contribution in [0, 0.1) is 6.92 Å². The van der Waals surface area contributed by atoms with Gasteiger partial charge >= 0.3 is 0 Å². The summed E-state index contributed by atoms with van der Waals surface area (Å²) in [6, 6.07) is 15.2. The van der Waals surface area contributed by atoms with Crippen molar-refractivity contribution in [1.29, 1.82) is 0 Å². The van der Waals surface area contributed by atoms with Gasteiger partial charge in [0.2, 0.25) is 0 Å². The number of aromatic hydroxyl groups is 2. The summed E-state index contributed by atoms with van der Waals surface area (Å²) in [6.07, 6.45) is 4.93. The minimum atomic E-state index is -0.396. The number of amides is 1. The van der Waals surface area contributed by atoms with Gasteiger partial charge in [-0.2, -0.15) is 0 Å². The Morgan fingerprint density at radius 1 is 1.06 bits per heavy atom. The van der Waals surface area contributed by atoms with E-state index in [2.05, 4.69) is 20.3 Å². The third-order valence-corrected chi connectivity index (χ3v) is 6.53. The first-order valence-corrected chi connectivity index (χ1v) is 11.4. The smallest absolute Gasteiger partial charge is 0.262 e. The number of pyridine rings is 1. The highest BCUT2D eigenvalue weighted by Crippen LogP contribution is 2.33. The average molecular weight is 469 g/mol. The van der Waals surface area contributed by atoms with Gasteiger partial charge in [0.15, 0.2) is 0 Å². The summed E-state index contributed by atoms with van der Waals surface area (Å²) >= 11 is 1.58. The summed E-state index contributed by atoms with van der Waals surface area (Å²) in [6.45, 7) is 2.30. The SMILES string of the molecule is Cc1csc2ncnc(-c3ccc(N(Cc4cccnc4)C(=O)c4ccc(O)cc4O)cc3)c12. The summed E-state index contributed by atoms with van der Waals surface area (Å²) in [7, 11) is 0. The van der Waals surface area contributed by atoms with Crippen molar-refractivity contribution in [2.75, 3.05) is 4.90 Å². The van der Waals surface area contributed by atoms with E-state index in [-0.39, 0.29) is 23.6 Å². The van der Waals surface area contributed by atoms with Crippen LogP contribution < -0.4 is 4.90 Å². The predicted molar refractivity (Wildman–Crippen MR) is 132 cm³/mol. The topological polar surface area (TPSA) is 99.4 Å². The van der Waals surface area contributed by atoms with Crippen LogP contribution in [0.3, 0.4) is 0 Å². The molecular weight excluding hydrogens is 448 g/mol. The van der Waals surface area contributed by atoms with Crippen LogP contribution in [0.25, 0.3) is 21.5 Å². The van der Waals surface area contributed by atoms with Gasteiger partial charge in [0.1, 0.15) is 22.7 Å². The number of phenolic OH excluding ortho intramolecular Hbond substituents is 2. The van der Waals surface area contributed by atoms with Crippen molar-refractivity contribution in [3.05, 3.63) is 95.4 Å². The zero-order valence-electron chi connectivity index (χ0n) is 18.2. The molecule has 3 aromatic heterocycles. The fourth-order valence-corrected chi connectivity index (χ4v) is 4.73. The standard InChI is InChI=1S/C26H20N4O3S/c1-16-14-34-25-23(16)24(28-15-29-25)18-4-6-19(7-5-18)30(13-17-3-2-10-27-12-17)26(33)21-9-8-20(31)11-22(21)32/h2-12,14-15,31-32H,13H2,1H3. The average Bonchev–Trinajstić information content (AvgIpc) is 3.24. The highest BCUT2D eigenvalue weighted by Gasteiger charge is 2.22. The number of nitrogens with zero attached hydrogens (tertiary/aromatic N) is 4. The fraction of sp³-hybridized carbons (Fsp3) is 0.0769. The van der Waals surface area contributed by atoms with E-state index in [9.17, 15) is 15.0 Å². The molecule has 2 N–H and O–H groups in total. The van der Waals surface area contributed by atoms with Crippen LogP contribution in [0.1, 0.15) is 21.5 Å². The van der Waals surface area contributed by atoms with Crippen LogP contribution in [-0.2, 0) is 6.54 Å². The lowest BCUT2D eigenvalue weighted by Gasteiger charge is -2.24. The summed E-state index contributed by atoms with van der Waals surface area (Å²) < 4.78 is 0. The molecule has 0 aliphatic rings. The first-order valence-electron chi connectivity index (χ1n) is 10.5. The van der Waals surface area contributed by atoms with Gasteiger partial charge in [0.25, 0.3) is 5.91 Å². The Labute approximate surface area is 199 Å². The molecule has 0 saturated carbocycles. The molecule has 2 aromatic carbocycles. The lowest BCUT2D eigenvalue weighted by atomic mass is 10.1. The lowest BCUT2D eigenvalue weighted by molar-refractivity contribution is 0.0982. The van der Waals surface area contributed by atoms with Crippen molar-refractivity contribution in [3.8, 4) is 22.8 Å². The molecule has 5 rings (SSSR count). The third kappa shape index (κ3) is 4.06. The number of carbonyl (C=O) groups is 1. The van der Waals surface area contributed by atoms with Crippen LogP contribution >= 0.6 is 11.3 Å². The van der Waals surface area contributed by atoms with E-state index in [0.29, 0.717) is 5.69 Å². The number of thiophene rings is 1. The first kappa shape index (κ1) is 21.5. The second kappa shape index (κ2) is 8.92. The third-order valence-electron chi connectivity index (χ3n) is 5.53. The molecule has 0 bridgehead atoms. The van der Waals surface area contributed by atoms with Crippen molar-refractivity contribution >= 4 is 33.1 Å². The largest absolute Gasteiger partial charge is 0.508 e. The maximum atomic E-state index is 13.5. The molecule has 0 radical (unpaired) electrons. The Hall–Kier alpha value is -4.30. The van der Waals surface area contributed by atoms with Crippen LogP contribution in [0.5, 0.6) is 11.5 Å². The van der Waals surface area contributed by atoms with E-state index in [1.54, 1.807) is 35.0 Å². The zero-order valence-corrected chi connectivity index (χ0v) is 19.0. The maximum Gasteiger partial charge on any atom is 0.262 e. The molecule has 7 nitrogen and oxygen atoms in total. The molecule has 3 heterocycles. The Bertz CT molecular complexity index is 1480. The van der Waals surface area contributed by atoms with Crippen molar-refractivity contribution < 1.29 is 15.0 Å². The molecule has 1 amide bonds. The normalized spacial score (nSPS) is 11.0. The zero-order chi connectivity index (χ0) is 23.7. The molecule has 168 valence electrons. The maximum absolute atomic E-state index is 13.5. The molecule has 5 aromatic rings. The van der Waals surface area contributed by atoms with Crippen LogP contribution in [0.4, 0.5) is 5.69 Å². The molecule has 0 saturated heterocycles. The van der Waals surface area contributed by atoms with Gasteiger partial charge in [0.05, 0.1) is 17.8 Å². The number of benzene rings is 2. The van der Waals surface area contributed by atoms with Gasteiger partial charge < -0.3 is 15.1 Å². The molecule has 0 unspecified atom stereocenters. The van der Waals surface area contributed by atoms with Crippen molar-refractivity contribution in [2.45, 2.75) is 13.5 Å². The number of fused-ring (bicyclic) bond motifs is 1. The van der Waals surface area contributed by atoms with Gasteiger partial charge in [0, 0.05) is 35.1 Å². The van der Waals surface area contributed by atoms with Gasteiger partial charge in [-0.1, -0.05) is 18.2 Å². The van der Waals surface area contributed by atoms with Crippen LogP contribution in [-0.4, -0.2) is 31.1 Å². The molecule has 8 heteroatoms. The Kier molecular flexibility index (Phi) is 5.65. The van der Waals surface area contributed by atoms with E-state index >= 15 is 0 Å². The number of carbonyl (C=O) groups excluding carboxylic acids is 1. The highest BCUT2D eigenvalue weighted by molar-refractivity contribution is 7.17. The van der Waals surface area contributed by atoms with Crippen LogP contribution in [0.15, 0.2) is 78.7 Å². The Balaban J connectivity index is 1.54. The second-order valence-electron chi connectivity index (χ2n) is 7.82. The number of hydrogen-bond acceptors (Lipinski definition) is 7. The Morgan fingerprint density at radius 2 is 1.88 bits per heavy atom. The summed E-state index contributed by atoms with van der Waals surface area (Å²) in [5.74, 6) is -0.793. The minimum Gasteiger partial charge on any atom is -0.508 e. The van der Waals surface area contributed by atoms with Gasteiger partial charge in [-0.3, -0.25) is 9.78 Å². The monoisotopic (exact) mass is 468 g/mol. The van der Waals surface area contributed by atoms with Gasteiger partial charge in [-0.25, -0.2) is 9.97 Å². The van der Waals surface area contributed by atoms with E-state index in [1.807, 2.05) is 43.3 Å². The molecule has 0 fully saturated rings. The number of rotatable bonds is 5. The Morgan fingerprint density at radius 3 is 2.62 bits per heavy atom. The molecule has 34 heavy (non-hydrogen) atoms. The highest BCUT2D eigenvalue weighted by atomic mass is 32.1. The van der Waals surface area contributed by atoms with E-state index in [0.717, 1.165) is 38.7 Å². The lowest BCUT2D eigenvalue weighted by Crippen LogP contribution is -2.30. The van der Waals surface area contributed by atoms with Gasteiger partial charge in [-0.05, 0) is 53.8 Å². The van der Waals surface area contributed by atoms with Crippen molar-refractivity contribution in [1.82, 2.24) is 15.0 Å². The van der Waals surface area contributed by atoms with E-state index in [1.165, 1.54) is 12.1 Å². The quantitative estimate of drug-likeness (QED) is 0.362. The summed E-state index contributed by atoms with van der Waals surface area (Å²) in [5.41, 5.74) is 4.46. The number of phenols is 2. The molecular formula is C26H20N4O3S. The van der Waals surface area contributed by atoms with E-state index < -0.39 is 5.91 Å². The molecule has 0 atom stereocenters. The van der Waals surface area contributed by atoms with Gasteiger partial charge in [-0.15, -0.1) is 11.3 Å². The summed E-state index contributed by atoms with van der Waals surface area (Å²) in [4.78, 5) is 29.0. The number of aryl methyl sites for hydroxylation is 1. The molecule has 0 aliphatic heterocycles. The van der Waals surface area contributed by atoms with Crippen molar-refractivity contribution in [2.24, 2.45) is 0 Å². The first-order chi connectivity index (χ1) is 16.5. The molecule has 0 spiro atoms. The summed E-state index contributed by atoms with van der Waals surface area (Å²) in [5, 5.41) is 23.0. The number of anilines is 1. The van der Waals surface area contributed by atoms with Crippen molar-refractivity contribution in [3.63, 3.8) is 0 Å². The number of hydrogen-bond donors (Lipinski definition) is 2. The predicted octanol–water partition coefficient (Wildman–Crippen LogP) is 5.32. The minimum absolute atomic E-state index is 0.0946.